The molecule has 0 atom stereocenters. The van der Waals surface area contributed by atoms with Crippen molar-refractivity contribution in [1.29, 1.82) is 0 Å². The van der Waals surface area contributed by atoms with Crippen molar-refractivity contribution < 1.29 is 8.42 Å². The van der Waals surface area contributed by atoms with Crippen molar-refractivity contribution in [2.24, 2.45) is 0 Å². The Hall–Kier alpha value is -0.780. The van der Waals surface area contributed by atoms with Crippen LogP contribution in [0.5, 0.6) is 0 Å². The molecule has 0 bridgehead atoms. The van der Waals surface area contributed by atoms with Gasteiger partial charge in [0, 0.05) is 16.6 Å². The second kappa shape index (κ2) is 6.33. The normalized spacial score (nSPS) is 11.6. The van der Waals surface area contributed by atoms with Gasteiger partial charge in [0.2, 0.25) is 10.0 Å². The number of halogens is 3. The lowest BCUT2D eigenvalue weighted by Gasteiger charge is -2.09. The molecule has 3 nitrogen and oxygen atoms in total. The van der Waals surface area contributed by atoms with Gasteiger partial charge in [0.15, 0.2) is 0 Å². The number of hydrogen-bond acceptors (Lipinski definition) is 2. The van der Waals surface area contributed by atoms with E-state index in [1.54, 1.807) is 24.3 Å². The highest BCUT2D eigenvalue weighted by Crippen LogP contribution is 2.25. The van der Waals surface area contributed by atoms with Gasteiger partial charge in [-0.2, -0.15) is 0 Å². The lowest BCUT2D eigenvalue weighted by atomic mass is 10.2. The number of sulfonamides is 1. The molecule has 7 heteroatoms. The van der Waals surface area contributed by atoms with Crippen LogP contribution >= 0.6 is 34.8 Å². The molecule has 0 radical (unpaired) electrons. The summed E-state index contributed by atoms with van der Waals surface area (Å²) in [7, 11) is -3.73. The van der Waals surface area contributed by atoms with E-state index in [-0.39, 0.29) is 16.5 Å². The summed E-state index contributed by atoms with van der Waals surface area (Å²) >= 11 is 17.5. The molecule has 0 aliphatic heterocycles. The average molecular weight is 351 g/mol. The number of rotatable bonds is 4. The highest BCUT2D eigenvalue weighted by Gasteiger charge is 2.18. The number of benzene rings is 2. The summed E-state index contributed by atoms with van der Waals surface area (Å²) in [5.74, 6) is 0. The Morgan fingerprint density at radius 3 is 2.35 bits per heavy atom. The monoisotopic (exact) mass is 349 g/mol. The molecule has 20 heavy (non-hydrogen) atoms. The van der Waals surface area contributed by atoms with Gasteiger partial charge in [0.1, 0.15) is 4.90 Å². The van der Waals surface area contributed by atoms with Crippen molar-refractivity contribution in [2.75, 3.05) is 0 Å². The molecule has 0 saturated carbocycles. The van der Waals surface area contributed by atoms with Gasteiger partial charge in [-0.05, 0) is 35.9 Å². The smallest absolute Gasteiger partial charge is 0.207 e. The van der Waals surface area contributed by atoms with Crippen LogP contribution in [0.2, 0.25) is 15.1 Å². The van der Waals surface area contributed by atoms with E-state index in [9.17, 15) is 8.42 Å². The first kappa shape index (κ1) is 15.6. The number of nitrogens with one attached hydrogen (secondary N) is 1. The van der Waals surface area contributed by atoms with Gasteiger partial charge >= 0.3 is 0 Å². The van der Waals surface area contributed by atoms with Gasteiger partial charge in [-0.3, -0.25) is 0 Å². The van der Waals surface area contributed by atoms with Crippen LogP contribution < -0.4 is 4.72 Å². The minimum absolute atomic E-state index is 0.0475. The molecule has 1 N–H and O–H groups in total. The summed E-state index contributed by atoms with van der Waals surface area (Å²) in [6, 6.07) is 11.2. The minimum atomic E-state index is -3.73. The van der Waals surface area contributed by atoms with Crippen LogP contribution in [0.15, 0.2) is 47.4 Å². The fourth-order valence-corrected chi connectivity index (χ4v) is 3.58. The standard InChI is InChI=1S/C13H10Cl3NO2S/c14-10-3-1-2-9(6-10)8-17-20(18,19)13-7-11(15)4-5-12(13)16/h1-7,17H,8H2. The van der Waals surface area contributed by atoms with Crippen molar-refractivity contribution in [2.45, 2.75) is 11.4 Å². The molecule has 0 spiro atoms. The molecule has 0 saturated heterocycles. The third-order valence-electron chi connectivity index (χ3n) is 2.54. The Kier molecular flexibility index (Phi) is 4.94. The Labute approximate surface area is 132 Å². The largest absolute Gasteiger partial charge is 0.242 e. The Balaban J connectivity index is 2.21. The molecule has 0 aliphatic rings. The van der Waals surface area contributed by atoms with Gasteiger partial charge in [-0.15, -0.1) is 0 Å². The minimum Gasteiger partial charge on any atom is -0.207 e. The van der Waals surface area contributed by atoms with Gasteiger partial charge in [0.25, 0.3) is 0 Å². The first-order valence-electron chi connectivity index (χ1n) is 5.58. The van der Waals surface area contributed by atoms with Crippen molar-refractivity contribution >= 4 is 44.8 Å². The van der Waals surface area contributed by atoms with Crippen LogP contribution in [0.4, 0.5) is 0 Å². The van der Waals surface area contributed by atoms with Crippen LogP contribution in [0.25, 0.3) is 0 Å². The van der Waals surface area contributed by atoms with E-state index in [1.165, 1.54) is 18.2 Å². The van der Waals surface area contributed by atoms with E-state index in [0.717, 1.165) is 5.56 Å². The topological polar surface area (TPSA) is 46.2 Å². The predicted molar refractivity (Wildman–Crippen MR) is 81.9 cm³/mol. The first-order valence-corrected chi connectivity index (χ1v) is 8.19. The average Bonchev–Trinajstić information content (AvgIpc) is 2.39. The fraction of sp³-hybridized carbons (Fsp3) is 0.0769. The molecule has 0 heterocycles. The van der Waals surface area contributed by atoms with Crippen molar-refractivity contribution in [3.05, 3.63) is 63.1 Å². The Morgan fingerprint density at radius 1 is 0.950 bits per heavy atom. The summed E-state index contributed by atoms with van der Waals surface area (Å²) < 4.78 is 26.8. The van der Waals surface area contributed by atoms with Crippen molar-refractivity contribution in [3.8, 4) is 0 Å². The van der Waals surface area contributed by atoms with E-state index in [1.807, 2.05) is 0 Å². The predicted octanol–water partition coefficient (Wildman–Crippen LogP) is 4.13. The first-order chi connectivity index (χ1) is 9.38. The molecule has 0 unspecified atom stereocenters. The summed E-state index contributed by atoms with van der Waals surface area (Å²) in [5.41, 5.74) is 0.749. The van der Waals surface area contributed by atoms with E-state index >= 15 is 0 Å². The third-order valence-corrected chi connectivity index (χ3v) is 4.89. The van der Waals surface area contributed by atoms with Crippen LogP contribution in [0, 0.1) is 0 Å². The van der Waals surface area contributed by atoms with Gasteiger partial charge in [-0.1, -0.05) is 46.9 Å². The van der Waals surface area contributed by atoms with E-state index in [0.29, 0.717) is 10.0 Å². The highest BCUT2D eigenvalue weighted by atomic mass is 35.5. The third kappa shape index (κ3) is 3.87. The van der Waals surface area contributed by atoms with Crippen LogP contribution in [-0.4, -0.2) is 8.42 Å². The molecule has 0 aromatic heterocycles. The van der Waals surface area contributed by atoms with E-state index < -0.39 is 10.0 Å². The van der Waals surface area contributed by atoms with E-state index in [4.69, 9.17) is 34.8 Å². The maximum Gasteiger partial charge on any atom is 0.242 e. The maximum atomic E-state index is 12.2. The van der Waals surface area contributed by atoms with Crippen molar-refractivity contribution in [3.63, 3.8) is 0 Å². The molecular weight excluding hydrogens is 341 g/mol. The second-order valence-corrected chi connectivity index (χ2v) is 7.04. The Bertz CT molecular complexity index is 732. The van der Waals surface area contributed by atoms with Gasteiger partial charge in [-0.25, -0.2) is 13.1 Å². The van der Waals surface area contributed by atoms with Gasteiger partial charge < -0.3 is 0 Å². The quantitative estimate of drug-likeness (QED) is 0.901. The second-order valence-electron chi connectivity index (χ2n) is 4.03. The fourth-order valence-electron chi connectivity index (χ4n) is 1.59. The molecule has 106 valence electrons. The lowest BCUT2D eigenvalue weighted by Crippen LogP contribution is -2.23. The molecule has 2 rings (SSSR count). The zero-order valence-corrected chi connectivity index (χ0v) is 13.2. The van der Waals surface area contributed by atoms with Gasteiger partial charge in [0.05, 0.1) is 5.02 Å². The molecule has 0 amide bonds. The van der Waals surface area contributed by atoms with Crippen LogP contribution in [-0.2, 0) is 16.6 Å². The van der Waals surface area contributed by atoms with E-state index in [2.05, 4.69) is 4.72 Å². The zero-order chi connectivity index (χ0) is 14.8. The summed E-state index contributed by atoms with van der Waals surface area (Å²) in [6.07, 6.45) is 0. The Morgan fingerprint density at radius 2 is 1.65 bits per heavy atom. The highest BCUT2D eigenvalue weighted by molar-refractivity contribution is 7.89. The van der Waals surface area contributed by atoms with Crippen LogP contribution in [0.3, 0.4) is 0 Å². The zero-order valence-electron chi connectivity index (χ0n) is 10.1. The number of hydrogen-bond donors (Lipinski definition) is 1. The summed E-state index contributed by atoms with van der Waals surface area (Å²) in [4.78, 5) is -0.0475. The molecule has 2 aromatic rings. The summed E-state index contributed by atoms with van der Waals surface area (Å²) in [5, 5.41) is 0.966. The summed E-state index contributed by atoms with van der Waals surface area (Å²) in [6.45, 7) is 0.117. The lowest BCUT2D eigenvalue weighted by molar-refractivity contribution is 0.581. The maximum absolute atomic E-state index is 12.2. The van der Waals surface area contributed by atoms with Crippen molar-refractivity contribution in [1.82, 2.24) is 4.72 Å². The molecule has 0 fully saturated rings. The SMILES string of the molecule is O=S(=O)(NCc1cccc(Cl)c1)c1cc(Cl)ccc1Cl. The molecular formula is C13H10Cl3NO2S. The molecule has 2 aromatic carbocycles. The van der Waals surface area contributed by atoms with Crippen LogP contribution in [0.1, 0.15) is 5.56 Å². The molecule has 0 aliphatic carbocycles.